The molecule has 106 valence electrons. The summed E-state index contributed by atoms with van der Waals surface area (Å²) in [5, 5.41) is 3.33. The zero-order chi connectivity index (χ0) is 14.2. The molecule has 2 aromatic rings. The predicted octanol–water partition coefficient (Wildman–Crippen LogP) is 3.30. The van der Waals surface area contributed by atoms with E-state index in [9.17, 15) is 4.39 Å². The smallest absolute Gasteiger partial charge is 0.130 e. The van der Waals surface area contributed by atoms with E-state index in [1.54, 1.807) is 12.1 Å². The molecule has 20 heavy (non-hydrogen) atoms. The predicted molar refractivity (Wildman–Crippen MR) is 77.0 cm³/mol. The van der Waals surface area contributed by atoms with Crippen LogP contribution in [-0.2, 0) is 13.2 Å². The quantitative estimate of drug-likeness (QED) is 0.787. The molecule has 0 fully saturated rings. The van der Waals surface area contributed by atoms with Gasteiger partial charge in [0.25, 0.3) is 0 Å². The number of ether oxygens (including phenoxy) is 1. The largest absolute Gasteiger partial charge is 0.487 e. The fourth-order valence-corrected chi connectivity index (χ4v) is 1.74. The number of benzene rings is 1. The van der Waals surface area contributed by atoms with Crippen LogP contribution in [0.2, 0.25) is 0 Å². The van der Waals surface area contributed by atoms with E-state index in [-0.39, 0.29) is 5.82 Å². The zero-order valence-corrected chi connectivity index (χ0v) is 11.6. The highest BCUT2D eigenvalue weighted by Gasteiger charge is 1.99. The topological polar surface area (TPSA) is 34.1 Å². The highest BCUT2D eigenvalue weighted by atomic mass is 19.1. The molecule has 1 N–H and O–H groups in total. The van der Waals surface area contributed by atoms with Gasteiger partial charge in [-0.05, 0) is 48.9 Å². The second kappa shape index (κ2) is 7.60. The van der Waals surface area contributed by atoms with Gasteiger partial charge in [0, 0.05) is 12.7 Å². The van der Waals surface area contributed by atoms with Crippen molar-refractivity contribution in [1.29, 1.82) is 0 Å². The summed E-state index contributed by atoms with van der Waals surface area (Å²) < 4.78 is 18.3. The summed E-state index contributed by atoms with van der Waals surface area (Å²) >= 11 is 0. The van der Waals surface area contributed by atoms with Crippen molar-refractivity contribution < 1.29 is 9.13 Å². The molecule has 1 aromatic heterocycles. The fraction of sp³-hybridized carbons (Fsp3) is 0.312. The molecule has 0 amide bonds. The van der Waals surface area contributed by atoms with Crippen molar-refractivity contribution in [1.82, 2.24) is 10.3 Å². The third kappa shape index (κ3) is 4.63. The Kier molecular flexibility index (Phi) is 5.50. The Morgan fingerprint density at radius 3 is 2.60 bits per heavy atom. The minimum Gasteiger partial charge on any atom is -0.487 e. The number of nitrogens with zero attached hydrogens (tertiary/aromatic N) is 1. The minimum absolute atomic E-state index is 0.264. The van der Waals surface area contributed by atoms with Crippen molar-refractivity contribution in [3.63, 3.8) is 0 Å². The van der Waals surface area contributed by atoms with Crippen LogP contribution >= 0.6 is 0 Å². The maximum atomic E-state index is 12.7. The number of hydrogen-bond donors (Lipinski definition) is 1. The van der Waals surface area contributed by atoms with Gasteiger partial charge in [0.05, 0.1) is 5.69 Å². The molecule has 0 spiro atoms. The Morgan fingerprint density at radius 2 is 1.95 bits per heavy atom. The molecule has 0 saturated carbocycles. The number of halogens is 1. The first-order chi connectivity index (χ1) is 9.78. The Bertz CT molecular complexity index is 511. The van der Waals surface area contributed by atoms with Crippen molar-refractivity contribution in [2.24, 2.45) is 0 Å². The van der Waals surface area contributed by atoms with Gasteiger partial charge in [0.1, 0.15) is 18.2 Å². The van der Waals surface area contributed by atoms with E-state index in [0.717, 1.165) is 30.8 Å². The molecule has 2 rings (SSSR count). The van der Waals surface area contributed by atoms with Gasteiger partial charge in [-0.25, -0.2) is 4.39 Å². The average molecular weight is 274 g/mol. The molecule has 1 heterocycles. The second-order valence-electron chi connectivity index (χ2n) is 4.58. The molecule has 0 aliphatic rings. The summed E-state index contributed by atoms with van der Waals surface area (Å²) in [5.74, 6) is 0.376. The van der Waals surface area contributed by atoms with E-state index in [1.165, 1.54) is 12.1 Å². The lowest BCUT2D eigenvalue weighted by Crippen LogP contribution is -2.14. The van der Waals surface area contributed by atoms with Crippen LogP contribution in [0.1, 0.15) is 24.6 Å². The Hall–Kier alpha value is -1.94. The highest BCUT2D eigenvalue weighted by Crippen LogP contribution is 2.12. The number of rotatable bonds is 7. The molecule has 1 aromatic carbocycles. The van der Waals surface area contributed by atoms with Crippen molar-refractivity contribution in [2.75, 3.05) is 6.54 Å². The van der Waals surface area contributed by atoms with E-state index >= 15 is 0 Å². The summed E-state index contributed by atoms with van der Waals surface area (Å²) in [5.41, 5.74) is 2.01. The van der Waals surface area contributed by atoms with Crippen molar-refractivity contribution >= 4 is 0 Å². The number of nitrogens with one attached hydrogen (secondary N) is 1. The summed E-state index contributed by atoms with van der Waals surface area (Å²) in [4.78, 5) is 4.35. The van der Waals surface area contributed by atoms with E-state index in [1.807, 2.05) is 18.3 Å². The zero-order valence-electron chi connectivity index (χ0n) is 11.6. The van der Waals surface area contributed by atoms with E-state index in [4.69, 9.17) is 4.74 Å². The first-order valence-corrected chi connectivity index (χ1v) is 6.81. The molecular formula is C16H19FN2O. The SMILES string of the molecule is CCCNCc1ccc(COc2ccc(F)cc2)nc1. The van der Waals surface area contributed by atoms with E-state index in [2.05, 4.69) is 17.2 Å². The summed E-state index contributed by atoms with van der Waals surface area (Å²) in [6, 6.07) is 9.97. The van der Waals surface area contributed by atoms with Gasteiger partial charge in [0.15, 0.2) is 0 Å². The van der Waals surface area contributed by atoms with Crippen molar-refractivity contribution in [3.8, 4) is 5.75 Å². The Morgan fingerprint density at radius 1 is 1.15 bits per heavy atom. The van der Waals surface area contributed by atoms with Gasteiger partial charge in [-0.3, -0.25) is 4.98 Å². The van der Waals surface area contributed by atoms with Gasteiger partial charge in [-0.15, -0.1) is 0 Å². The summed E-state index contributed by atoms with van der Waals surface area (Å²) in [6.45, 7) is 4.37. The molecule has 0 saturated heterocycles. The van der Waals surface area contributed by atoms with Crippen LogP contribution in [0.15, 0.2) is 42.6 Å². The van der Waals surface area contributed by atoms with Crippen LogP contribution in [0.3, 0.4) is 0 Å². The Labute approximate surface area is 118 Å². The van der Waals surface area contributed by atoms with Crippen LogP contribution < -0.4 is 10.1 Å². The molecule has 0 aliphatic heterocycles. The normalized spacial score (nSPS) is 10.5. The van der Waals surface area contributed by atoms with Gasteiger partial charge in [-0.1, -0.05) is 13.0 Å². The number of aromatic nitrogens is 1. The monoisotopic (exact) mass is 274 g/mol. The molecule has 0 radical (unpaired) electrons. The van der Waals surface area contributed by atoms with Gasteiger partial charge >= 0.3 is 0 Å². The van der Waals surface area contributed by atoms with Crippen LogP contribution in [-0.4, -0.2) is 11.5 Å². The van der Waals surface area contributed by atoms with Crippen LogP contribution in [0.4, 0.5) is 4.39 Å². The third-order valence-corrected chi connectivity index (χ3v) is 2.84. The summed E-state index contributed by atoms with van der Waals surface area (Å²) in [7, 11) is 0. The average Bonchev–Trinajstić information content (AvgIpc) is 2.48. The standard InChI is InChI=1S/C16H19FN2O/c1-2-9-18-10-13-3-6-15(19-11-13)12-20-16-7-4-14(17)5-8-16/h3-8,11,18H,2,9-10,12H2,1H3. The number of hydrogen-bond acceptors (Lipinski definition) is 3. The van der Waals surface area contributed by atoms with E-state index in [0.29, 0.717) is 12.4 Å². The lowest BCUT2D eigenvalue weighted by Gasteiger charge is -2.07. The maximum absolute atomic E-state index is 12.7. The first-order valence-electron chi connectivity index (χ1n) is 6.81. The van der Waals surface area contributed by atoms with Gasteiger partial charge in [0.2, 0.25) is 0 Å². The third-order valence-electron chi connectivity index (χ3n) is 2.84. The van der Waals surface area contributed by atoms with Crippen LogP contribution in [0, 0.1) is 5.82 Å². The lowest BCUT2D eigenvalue weighted by atomic mass is 10.2. The fourth-order valence-electron chi connectivity index (χ4n) is 1.74. The highest BCUT2D eigenvalue weighted by molar-refractivity contribution is 5.22. The lowest BCUT2D eigenvalue weighted by molar-refractivity contribution is 0.301. The van der Waals surface area contributed by atoms with Crippen molar-refractivity contribution in [2.45, 2.75) is 26.5 Å². The molecule has 0 unspecified atom stereocenters. The number of pyridine rings is 1. The minimum atomic E-state index is -0.264. The Balaban J connectivity index is 1.82. The second-order valence-corrected chi connectivity index (χ2v) is 4.58. The molecular weight excluding hydrogens is 255 g/mol. The molecule has 0 bridgehead atoms. The molecule has 4 heteroatoms. The van der Waals surface area contributed by atoms with Crippen LogP contribution in [0.5, 0.6) is 5.75 Å². The van der Waals surface area contributed by atoms with Crippen LogP contribution in [0.25, 0.3) is 0 Å². The molecule has 0 aliphatic carbocycles. The first kappa shape index (κ1) is 14.5. The van der Waals surface area contributed by atoms with E-state index < -0.39 is 0 Å². The molecule has 3 nitrogen and oxygen atoms in total. The summed E-state index contributed by atoms with van der Waals surface area (Å²) in [6.07, 6.45) is 2.98. The molecule has 0 atom stereocenters. The van der Waals surface area contributed by atoms with Gasteiger partial charge < -0.3 is 10.1 Å². The van der Waals surface area contributed by atoms with Crippen molar-refractivity contribution in [3.05, 3.63) is 59.7 Å². The maximum Gasteiger partial charge on any atom is 0.130 e. The van der Waals surface area contributed by atoms with Gasteiger partial charge in [-0.2, -0.15) is 0 Å².